The third-order valence-electron chi connectivity index (χ3n) is 4.82. The van der Waals surface area contributed by atoms with Gasteiger partial charge in [0.1, 0.15) is 10.8 Å². The Hall–Kier alpha value is -3.52. The first kappa shape index (κ1) is 20.7. The molecule has 1 N–H and O–H groups in total. The zero-order valence-corrected chi connectivity index (χ0v) is 18.3. The minimum absolute atomic E-state index is 0.106. The Labute approximate surface area is 183 Å². The summed E-state index contributed by atoms with van der Waals surface area (Å²) in [6, 6.07) is 15.1. The molecule has 0 atom stereocenters. The molecular formula is C23H22N4O3S. The van der Waals surface area contributed by atoms with Crippen LogP contribution in [-0.2, 0) is 11.3 Å². The van der Waals surface area contributed by atoms with E-state index in [9.17, 15) is 9.59 Å². The number of rotatable bonds is 6. The van der Waals surface area contributed by atoms with Gasteiger partial charge in [0.2, 0.25) is 4.96 Å². The summed E-state index contributed by atoms with van der Waals surface area (Å²) in [5.41, 5.74) is 4.23. The van der Waals surface area contributed by atoms with Gasteiger partial charge in [-0.25, -0.2) is 4.98 Å². The highest BCUT2D eigenvalue weighted by Crippen LogP contribution is 2.24. The molecule has 0 aliphatic heterocycles. The molecule has 0 fully saturated rings. The van der Waals surface area contributed by atoms with Crippen LogP contribution in [0.5, 0.6) is 5.75 Å². The SMILES string of the molecule is Cc1ccc(-c2nn3c(=O)cc(CNC(=O)COc4c(C)cccc4C)nc3s2)cc1. The molecule has 0 aliphatic rings. The van der Waals surface area contributed by atoms with E-state index in [1.54, 1.807) is 0 Å². The van der Waals surface area contributed by atoms with Crippen molar-refractivity contribution in [2.24, 2.45) is 0 Å². The van der Waals surface area contributed by atoms with Crippen LogP contribution >= 0.6 is 11.3 Å². The van der Waals surface area contributed by atoms with Gasteiger partial charge in [0.15, 0.2) is 6.61 Å². The number of nitrogens with zero attached hydrogens (tertiary/aromatic N) is 3. The van der Waals surface area contributed by atoms with E-state index in [-0.39, 0.29) is 24.6 Å². The van der Waals surface area contributed by atoms with Crippen LogP contribution in [0.4, 0.5) is 0 Å². The lowest BCUT2D eigenvalue weighted by atomic mass is 10.1. The largest absolute Gasteiger partial charge is 0.483 e. The van der Waals surface area contributed by atoms with Gasteiger partial charge in [-0.1, -0.05) is 59.4 Å². The molecule has 0 bridgehead atoms. The zero-order chi connectivity index (χ0) is 22.0. The van der Waals surface area contributed by atoms with E-state index >= 15 is 0 Å². The Morgan fingerprint density at radius 1 is 1.10 bits per heavy atom. The quantitative estimate of drug-likeness (QED) is 0.502. The molecule has 0 radical (unpaired) electrons. The second-order valence-electron chi connectivity index (χ2n) is 7.34. The van der Waals surface area contributed by atoms with Crippen molar-refractivity contribution in [3.63, 3.8) is 0 Å². The Bertz CT molecular complexity index is 1290. The predicted molar refractivity (Wildman–Crippen MR) is 121 cm³/mol. The Morgan fingerprint density at radius 3 is 2.52 bits per heavy atom. The van der Waals surface area contributed by atoms with E-state index in [1.165, 1.54) is 21.9 Å². The predicted octanol–water partition coefficient (Wildman–Crippen LogP) is 3.44. The van der Waals surface area contributed by atoms with Gasteiger partial charge in [-0.15, -0.1) is 0 Å². The molecule has 7 nitrogen and oxygen atoms in total. The molecule has 0 saturated heterocycles. The molecule has 158 valence electrons. The summed E-state index contributed by atoms with van der Waals surface area (Å²) in [6.07, 6.45) is 0. The van der Waals surface area contributed by atoms with Crippen LogP contribution in [0, 0.1) is 20.8 Å². The monoisotopic (exact) mass is 434 g/mol. The molecule has 0 unspecified atom stereocenters. The van der Waals surface area contributed by atoms with Crippen LogP contribution < -0.4 is 15.6 Å². The highest BCUT2D eigenvalue weighted by Gasteiger charge is 2.12. The lowest BCUT2D eigenvalue weighted by Gasteiger charge is -2.11. The average Bonchev–Trinajstić information content (AvgIpc) is 3.17. The number of para-hydroxylation sites is 1. The number of amides is 1. The summed E-state index contributed by atoms with van der Waals surface area (Å²) in [6.45, 7) is 5.92. The summed E-state index contributed by atoms with van der Waals surface area (Å²) in [7, 11) is 0. The number of hydrogen-bond acceptors (Lipinski definition) is 6. The highest BCUT2D eigenvalue weighted by atomic mass is 32.1. The van der Waals surface area contributed by atoms with Crippen LogP contribution in [0.15, 0.2) is 53.3 Å². The number of aromatic nitrogens is 3. The zero-order valence-electron chi connectivity index (χ0n) is 17.5. The molecule has 0 saturated carbocycles. The number of aryl methyl sites for hydroxylation is 3. The maximum absolute atomic E-state index is 12.5. The number of ether oxygens (including phenoxy) is 1. The van der Waals surface area contributed by atoms with Crippen molar-refractivity contribution in [1.82, 2.24) is 19.9 Å². The lowest BCUT2D eigenvalue weighted by Crippen LogP contribution is -2.29. The maximum Gasteiger partial charge on any atom is 0.275 e. The van der Waals surface area contributed by atoms with Crippen LogP contribution in [0.3, 0.4) is 0 Å². The van der Waals surface area contributed by atoms with Crippen LogP contribution in [-0.4, -0.2) is 27.1 Å². The summed E-state index contributed by atoms with van der Waals surface area (Å²) in [5.74, 6) is 0.429. The second kappa shape index (κ2) is 8.69. The number of fused-ring (bicyclic) bond motifs is 1. The molecule has 2 aromatic heterocycles. The van der Waals surface area contributed by atoms with E-state index < -0.39 is 0 Å². The maximum atomic E-state index is 12.5. The van der Waals surface area contributed by atoms with Crippen LogP contribution in [0.1, 0.15) is 22.4 Å². The molecule has 0 aliphatic carbocycles. The van der Waals surface area contributed by atoms with Crippen molar-refractivity contribution in [2.75, 3.05) is 6.61 Å². The minimum atomic E-state index is -0.283. The van der Waals surface area contributed by atoms with E-state index in [1.807, 2.05) is 63.2 Å². The molecule has 8 heteroatoms. The normalized spacial score (nSPS) is 10.9. The van der Waals surface area contributed by atoms with Crippen molar-refractivity contribution in [3.05, 3.63) is 81.3 Å². The molecule has 31 heavy (non-hydrogen) atoms. The Kier molecular flexibility index (Phi) is 5.81. The van der Waals surface area contributed by atoms with E-state index in [4.69, 9.17) is 4.74 Å². The first-order valence-corrected chi connectivity index (χ1v) is 10.6. The molecule has 1 amide bonds. The van der Waals surface area contributed by atoms with Gasteiger partial charge in [0.25, 0.3) is 11.5 Å². The Morgan fingerprint density at radius 2 is 1.81 bits per heavy atom. The third kappa shape index (κ3) is 4.64. The summed E-state index contributed by atoms with van der Waals surface area (Å²) in [4.78, 5) is 29.6. The number of hydrogen-bond donors (Lipinski definition) is 1. The fourth-order valence-corrected chi connectivity index (χ4v) is 4.09. The third-order valence-corrected chi connectivity index (χ3v) is 5.78. The molecule has 2 aromatic carbocycles. The highest BCUT2D eigenvalue weighted by molar-refractivity contribution is 7.19. The first-order valence-electron chi connectivity index (χ1n) is 9.83. The van der Waals surface area contributed by atoms with Crippen LogP contribution in [0.2, 0.25) is 0 Å². The summed E-state index contributed by atoms with van der Waals surface area (Å²) in [5, 5.41) is 7.85. The van der Waals surface area contributed by atoms with Gasteiger partial charge in [0, 0.05) is 11.6 Å². The number of carbonyl (C=O) groups is 1. The average molecular weight is 435 g/mol. The van der Waals surface area contributed by atoms with E-state index in [0.29, 0.717) is 21.4 Å². The number of nitrogens with one attached hydrogen (secondary N) is 1. The van der Waals surface area contributed by atoms with Gasteiger partial charge >= 0.3 is 0 Å². The number of benzene rings is 2. The van der Waals surface area contributed by atoms with Crippen molar-refractivity contribution < 1.29 is 9.53 Å². The minimum Gasteiger partial charge on any atom is -0.483 e. The van der Waals surface area contributed by atoms with Crippen LogP contribution in [0.25, 0.3) is 15.5 Å². The summed E-state index contributed by atoms with van der Waals surface area (Å²) >= 11 is 1.33. The van der Waals surface area contributed by atoms with Gasteiger partial charge in [-0.05, 0) is 31.9 Å². The van der Waals surface area contributed by atoms with Crippen molar-refractivity contribution >= 4 is 22.2 Å². The number of carbonyl (C=O) groups excluding carboxylic acids is 1. The van der Waals surface area contributed by atoms with Crippen molar-refractivity contribution in [1.29, 1.82) is 0 Å². The van der Waals surface area contributed by atoms with Gasteiger partial charge < -0.3 is 10.1 Å². The van der Waals surface area contributed by atoms with Gasteiger partial charge in [0.05, 0.1) is 12.2 Å². The van der Waals surface area contributed by atoms with Crippen molar-refractivity contribution in [3.8, 4) is 16.3 Å². The Balaban J connectivity index is 1.44. The standard InChI is InChI=1S/C23H22N4O3S/c1-14-7-9-17(10-8-14)22-26-27-20(29)11-18(25-23(27)31-22)12-24-19(28)13-30-21-15(2)5-4-6-16(21)3/h4-11H,12-13H2,1-3H3,(H,24,28). The molecule has 0 spiro atoms. The fraction of sp³-hybridized carbons (Fsp3) is 0.217. The summed E-state index contributed by atoms with van der Waals surface area (Å²) < 4.78 is 6.95. The fourth-order valence-electron chi connectivity index (χ4n) is 3.16. The van der Waals surface area contributed by atoms with E-state index in [0.717, 1.165) is 22.3 Å². The smallest absolute Gasteiger partial charge is 0.275 e. The molecular weight excluding hydrogens is 412 g/mol. The first-order chi connectivity index (χ1) is 14.9. The topological polar surface area (TPSA) is 85.6 Å². The lowest BCUT2D eigenvalue weighted by molar-refractivity contribution is -0.123. The van der Waals surface area contributed by atoms with E-state index in [2.05, 4.69) is 15.4 Å². The molecule has 2 heterocycles. The van der Waals surface area contributed by atoms with Crippen molar-refractivity contribution in [2.45, 2.75) is 27.3 Å². The molecule has 4 rings (SSSR count). The van der Waals surface area contributed by atoms with Gasteiger partial charge in [-0.3, -0.25) is 9.59 Å². The molecule has 4 aromatic rings. The second-order valence-corrected chi connectivity index (χ2v) is 8.30. The van der Waals surface area contributed by atoms with Gasteiger partial charge in [-0.2, -0.15) is 9.61 Å².